The van der Waals surface area contributed by atoms with Crippen molar-refractivity contribution in [1.29, 1.82) is 0 Å². The molecule has 1 N–H and O–H groups in total. The van der Waals surface area contributed by atoms with Crippen LogP contribution in [-0.2, 0) is 13.2 Å². The summed E-state index contributed by atoms with van der Waals surface area (Å²) < 4.78 is 12.5. The number of methoxy groups -OCH3 is 2. The fourth-order valence-electron chi connectivity index (χ4n) is 2.50. The summed E-state index contributed by atoms with van der Waals surface area (Å²) in [5.74, 6) is 1.39. The van der Waals surface area contributed by atoms with Gasteiger partial charge >= 0.3 is 0 Å². The summed E-state index contributed by atoms with van der Waals surface area (Å²) in [6.45, 7) is 0.388. The summed E-state index contributed by atoms with van der Waals surface area (Å²) in [5.41, 5.74) is 3.25. The lowest BCUT2D eigenvalue weighted by Crippen LogP contribution is -2.06. The van der Waals surface area contributed by atoms with Crippen LogP contribution in [0.4, 0.5) is 0 Å². The molecule has 0 radical (unpaired) electrons. The smallest absolute Gasteiger partial charge is 0.123 e. The van der Waals surface area contributed by atoms with Crippen LogP contribution >= 0.6 is 0 Å². The van der Waals surface area contributed by atoms with Crippen LogP contribution in [0, 0.1) is 0 Å². The van der Waals surface area contributed by atoms with Crippen molar-refractivity contribution in [3.63, 3.8) is 0 Å². The van der Waals surface area contributed by atoms with E-state index >= 15 is 0 Å². The second-order valence-corrected chi connectivity index (χ2v) is 5.26. The molecule has 0 fully saturated rings. The molecule has 0 bridgehead atoms. The first-order valence-electron chi connectivity index (χ1n) is 7.54. The van der Waals surface area contributed by atoms with Gasteiger partial charge < -0.3 is 14.6 Å². The number of aromatic nitrogens is 3. The van der Waals surface area contributed by atoms with E-state index in [1.165, 1.54) is 0 Å². The first kappa shape index (κ1) is 16.0. The Morgan fingerprint density at radius 1 is 1.00 bits per heavy atom. The Morgan fingerprint density at radius 2 is 1.75 bits per heavy atom. The Hall–Kier alpha value is -2.86. The van der Waals surface area contributed by atoms with Crippen LogP contribution in [0.1, 0.15) is 11.4 Å². The summed E-state index contributed by atoms with van der Waals surface area (Å²) in [6.07, 6.45) is 1.75. The van der Waals surface area contributed by atoms with Crippen LogP contribution in [0.25, 0.3) is 11.3 Å². The molecule has 6 heteroatoms. The number of hydrogen-bond donors (Lipinski definition) is 1. The van der Waals surface area contributed by atoms with Crippen LogP contribution in [0.15, 0.2) is 48.7 Å². The Morgan fingerprint density at radius 3 is 2.33 bits per heavy atom. The average Bonchev–Trinajstić information content (AvgIpc) is 3.05. The van der Waals surface area contributed by atoms with Gasteiger partial charge in [0.25, 0.3) is 0 Å². The highest BCUT2D eigenvalue weighted by atomic mass is 16.5. The lowest BCUT2D eigenvalue weighted by Gasteiger charge is -2.10. The summed E-state index contributed by atoms with van der Waals surface area (Å²) in [5, 5.41) is 13.9. The van der Waals surface area contributed by atoms with Gasteiger partial charge in [-0.1, -0.05) is 6.07 Å². The SMILES string of the molecule is COc1cc(OC)cc(-c2cc(CO)nn2Cc2ccccn2)c1. The van der Waals surface area contributed by atoms with Crippen molar-refractivity contribution in [1.82, 2.24) is 14.8 Å². The quantitative estimate of drug-likeness (QED) is 0.754. The first-order chi connectivity index (χ1) is 11.7. The van der Waals surface area contributed by atoms with Crippen LogP contribution < -0.4 is 9.47 Å². The minimum atomic E-state index is -0.122. The van der Waals surface area contributed by atoms with Gasteiger partial charge in [0.15, 0.2) is 0 Å². The molecule has 0 unspecified atom stereocenters. The number of benzene rings is 1. The third kappa shape index (κ3) is 3.38. The minimum absolute atomic E-state index is 0.122. The lowest BCUT2D eigenvalue weighted by atomic mass is 10.1. The second kappa shape index (κ2) is 7.14. The van der Waals surface area contributed by atoms with Gasteiger partial charge in [0, 0.05) is 17.8 Å². The summed E-state index contributed by atoms with van der Waals surface area (Å²) in [6, 6.07) is 13.3. The molecule has 1 aromatic carbocycles. The average molecular weight is 325 g/mol. The van der Waals surface area contributed by atoms with Gasteiger partial charge in [-0.3, -0.25) is 9.67 Å². The second-order valence-electron chi connectivity index (χ2n) is 5.26. The molecule has 6 nitrogen and oxygen atoms in total. The highest BCUT2D eigenvalue weighted by molar-refractivity contribution is 5.65. The predicted octanol–water partition coefficient (Wildman–Crippen LogP) is 2.50. The molecule has 24 heavy (non-hydrogen) atoms. The fraction of sp³-hybridized carbons (Fsp3) is 0.222. The molecular formula is C18H19N3O3. The van der Waals surface area contributed by atoms with Crippen molar-refractivity contribution in [3.8, 4) is 22.8 Å². The van der Waals surface area contributed by atoms with Crippen LogP contribution in [0.3, 0.4) is 0 Å². The molecular weight excluding hydrogens is 306 g/mol. The molecule has 2 heterocycles. The van der Waals surface area contributed by atoms with Gasteiger partial charge in [0.2, 0.25) is 0 Å². The maximum absolute atomic E-state index is 9.45. The predicted molar refractivity (Wildman–Crippen MR) is 90.0 cm³/mol. The van der Waals surface area contributed by atoms with Gasteiger partial charge in [-0.15, -0.1) is 0 Å². The maximum Gasteiger partial charge on any atom is 0.123 e. The Kier molecular flexibility index (Phi) is 4.77. The van der Waals surface area contributed by atoms with Crippen molar-refractivity contribution < 1.29 is 14.6 Å². The van der Waals surface area contributed by atoms with Gasteiger partial charge in [-0.05, 0) is 30.3 Å². The van der Waals surface area contributed by atoms with Crippen molar-refractivity contribution >= 4 is 0 Å². The van der Waals surface area contributed by atoms with E-state index in [1.54, 1.807) is 20.4 Å². The van der Waals surface area contributed by atoms with E-state index in [1.807, 2.05) is 47.1 Å². The third-order valence-corrected chi connectivity index (χ3v) is 3.68. The van der Waals surface area contributed by atoms with Gasteiger partial charge in [-0.25, -0.2) is 0 Å². The monoisotopic (exact) mass is 325 g/mol. The minimum Gasteiger partial charge on any atom is -0.497 e. The third-order valence-electron chi connectivity index (χ3n) is 3.68. The van der Waals surface area contributed by atoms with Crippen molar-refractivity contribution in [2.24, 2.45) is 0 Å². The number of aliphatic hydroxyl groups is 1. The van der Waals surface area contributed by atoms with E-state index in [4.69, 9.17) is 9.47 Å². The first-order valence-corrected chi connectivity index (χ1v) is 7.54. The van der Waals surface area contributed by atoms with E-state index < -0.39 is 0 Å². The molecule has 0 spiro atoms. The Balaban J connectivity index is 2.05. The van der Waals surface area contributed by atoms with Crippen molar-refractivity contribution in [2.45, 2.75) is 13.2 Å². The molecule has 3 aromatic rings. The molecule has 124 valence electrons. The highest BCUT2D eigenvalue weighted by Gasteiger charge is 2.13. The Labute approximate surface area is 140 Å². The zero-order chi connectivity index (χ0) is 16.9. The molecule has 3 rings (SSSR count). The van der Waals surface area contributed by atoms with E-state index in [-0.39, 0.29) is 6.61 Å². The Bertz CT molecular complexity index is 793. The maximum atomic E-state index is 9.45. The van der Waals surface area contributed by atoms with Crippen LogP contribution in [0.2, 0.25) is 0 Å². The number of hydrogen-bond acceptors (Lipinski definition) is 5. The van der Waals surface area contributed by atoms with Gasteiger partial charge in [0.05, 0.1) is 44.5 Å². The summed E-state index contributed by atoms with van der Waals surface area (Å²) in [4.78, 5) is 4.34. The van der Waals surface area contributed by atoms with E-state index in [0.29, 0.717) is 23.7 Å². The number of aliphatic hydroxyl groups excluding tert-OH is 1. The largest absolute Gasteiger partial charge is 0.497 e. The summed E-state index contributed by atoms with van der Waals surface area (Å²) in [7, 11) is 3.23. The molecule has 0 atom stereocenters. The number of pyridine rings is 1. The molecule has 0 aliphatic rings. The summed E-state index contributed by atoms with van der Waals surface area (Å²) >= 11 is 0. The molecule has 0 aliphatic carbocycles. The van der Waals surface area contributed by atoms with Crippen LogP contribution in [0.5, 0.6) is 11.5 Å². The fourth-order valence-corrected chi connectivity index (χ4v) is 2.50. The van der Waals surface area contributed by atoms with Crippen molar-refractivity contribution in [3.05, 3.63) is 60.0 Å². The molecule has 0 amide bonds. The topological polar surface area (TPSA) is 69.4 Å². The van der Waals surface area contributed by atoms with Crippen molar-refractivity contribution in [2.75, 3.05) is 14.2 Å². The normalized spacial score (nSPS) is 10.6. The molecule has 2 aromatic heterocycles. The van der Waals surface area contributed by atoms with E-state index in [2.05, 4.69) is 10.1 Å². The zero-order valence-corrected chi connectivity index (χ0v) is 13.6. The molecule has 0 saturated carbocycles. The zero-order valence-electron chi connectivity index (χ0n) is 13.6. The van der Waals surface area contributed by atoms with Crippen LogP contribution in [-0.4, -0.2) is 34.1 Å². The van der Waals surface area contributed by atoms with Gasteiger partial charge in [0.1, 0.15) is 11.5 Å². The van der Waals surface area contributed by atoms with E-state index in [0.717, 1.165) is 17.0 Å². The highest BCUT2D eigenvalue weighted by Crippen LogP contribution is 2.30. The van der Waals surface area contributed by atoms with E-state index in [9.17, 15) is 5.11 Å². The molecule has 0 aliphatic heterocycles. The standard InChI is InChI=1S/C18H19N3O3/c1-23-16-7-13(8-17(10-16)24-2)18-9-15(12-22)20-21(18)11-14-5-3-4-6-19-14/h3-10,22H,11-12H2,1-2H3. The molecule has 0 saturated heterocycles. The van der Waals surface area contributed by atoms with Gasteiger partial charge in [-0.2, -0.15) is 5.10 Å². The lowest BCUT2D eigenvalue weighted by molar-refractivity contribution is 0.275. The number of ether oxygens (including phenoxy) is 2. The number of nitrogens with zero attached hydrogens (tertiary/aromatic N) is 3. The number of rotatable bonds is 6.